The lowest BCUT2D eigenvalue weighted by Gasteiger charge is -2.48. The standard InChI is InChI=1S/C40H68N10O20/c1-16(35(62)44-13-27(57)58)46-38(65)22(8-6-7-11-43-26(56)12-41)49-25(55)10-9-21(34(42)61)50-36(63)17(2)45-37(64)18(3)67-33-29(48-20(5)54)39(66)68-24(15-52)32(33)70-40-28(47-19(4)53)31(60)30(59)23(14-51)69-40/h16-18,21-24,28-33,39-40,51-52,59-60,66H,6-15,41H2,1-5H3,(H2,42,61)(H,43,56)(H,44,62)(H,45,64)(H,46,65)(H,47,53)(H,48,54)(H,49,55)(H,50,63)(H,57,58). The molecule has 30 nitrogen and oxygen atoms in total. The van der Waals surface area contributed by atoms with E-state index in [1.807, 2.05) is 0 Å². The van der Waals surface area contributed by atoms with E-state index in [0.29, 0.717) is 6.42 Å². The molecule has 2 aliphatic rings. The molecule has 0 aromatic heterocycles. The number of unbranched alkanes of at least 4 members (excludes halogenated alkanes) is 1. The van der Waals surface area contributed by atoms with Crippen molar-refractivity contribution >= 4 is 59.1 Å². The van der Waals surface area contributed by atoms with Gasteiger partial charge in [0.05, 0.1) is 19.8 Å². The smallest absolute Gasteiger partial charge is 0.322 e. The molecule has 0 aromatic carbocycles. The van der Waals surface area contributed by atoms with Gasteiger partial charge in [0.25, 0.3) is 0 Å². The topological polar surface area (TPSA) is 477 Å². The Bertz CT molecular complexity index is 1830. The normalized spacial score (nSPS) is 26.3. The lowest BCUT2D eigenvalue weighted by molar-refractivity contribution is -0.333. The Kier molecular flexibility index (Phi) is 25.4. The zero-order valence-corrected chi connectivity index (χ0v) is 39.3. The highest BCUT2D eigenvalue weighted by Gasteiger charge is 2.53. The van der Waals surface area contributed by atoms with E-state index >= 15 is 0 Å². The SMILES string of the molecule is CC(=O)NC1C(OC2C(CO)OC(O)C(NC(C)=O)C2OC(C)C(=O)NC(C)C(=O)NC(CCC(=O)NC(CCCCNC(=O)CN)C(=O)NC(C)C(=O)NCC(=O)O)C(N)=O)OC(CO)C(O)C1O. The van der Waals surface area contributed by atoms with Crippen LogP contribution >= 0.6 is 0 Å². The first-order valence-corrected chi connectivity index (χ1v) is 22.2. The van der Waals surface area contributed by atoms with Gasteiger partial charge in [0.1, 0.15) is 85.5 Å². The van der Waals surface area contributed by atoms with Crippen molar-refractivity contribution in [1.29, 1.82) is 0 Å². The van der Waals surface area contributed by atoms with Crippen molar-refractivity contribution in [3.8, 4) is 0 Å². The third kappa shape index (κ3) is 19.2. The summed E-state index contributed by atoms with van der Waals surface area (Å²) in [5.41, 5.74) is 10.8. The van der Waals surface area contributed by atoms with Crippen LogP contribution in [-0.2, 0) is 66.9 Å². The molecule has 0 spiro atoms. The van der Waals surface area contributed by atoms with Crippen LogP contribution in [-0.4, -0.2) is 214 Å². The number of aliphatic carboxylic acids is 1. The molecule has 15 atom stereocenters. The fourth-order valence-corrected chi connectivity index (χ4v) is 7.08. The highest BCUT2D eigenvalue weighted by atomic mass is 16.7. The van der Waals surface area contributed by atoms with E-state index in [2.05, 4.69) is 42.5 Å². The number of amides is 9. The summed E-state index contributed by atoms with van der Waals surface area (Å²) in [6, 6.07) is -8.47. The number of primary amides is 1. The average molecular weight is 1010 g/mol. The van der Waals surface area contributed by atoms with Gasteiger partial charge >= 0.3 is 5.97 Å². The number of carbonyl (C=O) groups excluding carboxylic acids is 9. The maximum Gasteiger partial charge on any atom is 0.322 e. The van der Waals surface area contributed by atoms with Crippen LogP contribution in [0.15, 0.2) is 0 Å². The number of nitrogens with one attached hydrogen (secondary N) is 8. The monoisotopic (exact) mass is 1010 g/mol. The first-order valence-electron chi connectivity index (χ1n) is 22.2. The zero-order valence-electron chi connectivity index (χ0n) is 39.3. The molecule has 30 heteroatoms. The van der Waals surface area contributed by atoms with E-state index in [0.717, 1.165) is 13.8 Å². The van der Waals surface area contributed by atoms with Crippen LogP contribution < -0.4 is 54.0 Å². The predicted octanol–water partition coefficient (Wildman–Crippen LogP) is -9.01. The molecular formula is C40H68N10O20. The molecule has 398 valence electrons. The highest BCUT2D eigenvalue weighted by Crippen LogP contribution is 2.31. The summed E-state index contributed by atoms with van der Waals surface area (Å²) < 4.78 is 23.2. The number of nitrogens with two attached hydrogens (primary N) is 2. The fourth-order valence-electron chi connectivity index (χ4n) is 7.08. The molecule has 70 heavy (non-hydrogen) atoms. The van der Waals surface area contributed by atoms with Crippen LogP contribution in [0.25, 0.3) is 0 Å². The van der Waals surface area contributed by atoms with E-state index in [1.165, 1.54) is 20.8 Å². The van der Waals surface area contributed by atoms with Gasteiger partial charge in [-0.05, 0) is 46.5 Å². The minimum atomic E-state index is -1.89. The minimum Gasteiger partial charge on any atom is -0.480 e. The van der Waals surface area contributed by atoms with Gasteiger partial charge in [-0.3, -0.25) is 47.9 Å². The van der Waals surface area contributed by atoms with Gasteiger partial charge in [0.15, 0.2) is 12.6 Å². The molecule has 0 bridgehead atoms. The number of rotatable bonds is 28. The van der Waals surface area contributed by atoms with Crippen LogP contribution in [0, 0.1) is 0 Å². The Morgan fingerprint density at radius 3 is 1.83 bits per heavy atom. The third-order valence-electron chi connectivity index (χ3n) is 10.8. The molecule has 15 unspecified atom stereocenters. The second kappa shape index (κ2) is 29.5. The molecule has 2 heterocycles. The number of carbonyl (C=O) groups is 10. The summed E-state index contributed by atoms with van der Waals surface area (Å²) in [6.07, 6.45) is -15.2. The number of ether oxygens (including phenoxy) is 4. The molecule has 0 aliphatic carbocycles. The van der Waals surface area contributed by atoms with E-state index in [9.17, 15) is 73.5 Å². The fraction of sp³-hybridized carbons (Fsp3) is 0.750. The summed E-state index contributed by atoms with van der Waals surface area (Å²) in [5.74, 6) is -8.68. The van der Waals surface area contributed by atoms with Gasteiger partial charge in [0.2, 0.25) is 53.2 Å². The summed E-state index contributed by atoms with van der Waals surface area (Å²) in [4.78, 5) is 125. The Labute approximate surface area is 401 Å². The summed E-state index contributed by atoms with van der Waals surface area (Å²) in [7, 11) is 0. The van der Waals surface area contributed by atoms with Crippen LogP contribution in [0.2, 0.25) is 0 Å². The maximum atomic E-state index is 13.5. The van der Waals surface area contributed by atoms with Crippen molar-refractivity contribution in [2.75, 3.05) is 32.8 Å². The van der Waals surface area contributed by atoms with Crippen molar-refractivity contribution in [1.82, 2.24) is 42.5 Å². The average Bonchev–Trinajstić information content (AvgIpc) is 3.29. The number of carboxylic acids is 1. The molecule has 0 saturated carbocycles. The van der Waals surface area contributed by atoms with Crippen molar-refractivity contribution in [3.63, 3.8) is 0 Å². The Balaban J connectivity index is 2.20. The molecule has 18 N–H and O–H groups in total. The number of hydrogen-bond acceptors (Lipinski definition) is 20. The van der Waals surface area contributed by atoms with Crippen molar-refractivity contribution in [2.45, 2.75) is 158 Å². The van der Waals surface area contributed by atoms with Crippen LogP contribution in [0.5, 0.6) is 0 Å². The third-order valence-corrected chi connectivity index (χ3v) is 10.8. The Morgan fingerprint density at radius 1 is 0.657 bits per heavy atom. The number of aliphatic hydroxyl groups is 5. The van der Waals surface area contributed by atoms with Crippen molar-refractivity contribution in [3.05, 3.63) is 0 Å². The van der Waals surface area contributed by atoms with Crippen molar-refractivity contribution < 1.29 is 97.5 Å². The van der Waals surface area contributed by atoms with E-state index in [1.54, 1.807) is 0 Å². The quantitative estimate of drug-likeness (QED) is 0.0324. The lowest BCUT2D eigenvalue weighted by atomic mass is 9.94. The second-order valence-corrected chi connectivity index (χ2v) is 16.5. The molecule has 9 amide bonds. The molecule has 2 rings (SSSR count). The van der Waals surface area contributed by atoms with Gasteiger partial charge < -0.3 is 104 Å². The zero-order chi connectivity index (χ0) is 53.0. The van der Waals surface area contributed by atoms with E-state index in [-0.39, 0.29) is 25.9 Å². The van der Waals surface area contributed by atoms with Gasteiger partial charge in [-0.1, -0.05) is 0 Å². The predicted molar refractivity (Wildman–Crippen MR) is 234 cm³/mol. The van der Waals surface area contributed by atoms with Crippen LogP contribution in [0.1, 0.15) is 66.7 Å². The largest absolute Gasteiger partial charge is 0.480 e. The molecule has 0 radical (unpaired) electrons. The first kappa shape index (κ1) is 60.4. The van der Waals surface area contributed by atoms with Gasteiger partial charge in [0, 0.05) is 26.8 Å². The number of hydrogen-bond donors (Lipinski definition) is 16. The molecule has 2 fully saturated rings. The van der Waals surface area contributed by atoms with Gasteiger partial charge in [-0.15, -0.1) is 0 Å². The van der Waals surface area contributed by atoms with Crippen LogP contribution in [0.3, 0.4) is 0 Å². The molecule has 2 saturated heterocycles. The summed E-state index contributed by atoms with van der Waals surface area (Å²) in [6.45, 7) is 3.38. The maximum absolute atomic E-state index is 13.5. The number of aliphatic hydroxyl groups excluding tert-OH is 5. The van der Waals surface area contributed by atoms with Gasteiger partial charge in [-0.25, -0.2) is 0 Å². The molecular weight excluding hydrogens is 940 g/mol. The Morgan fingerprint density at radius 2 is 1.26 bits per heavy atom. The lowest BCUT2D eigenvalue weighted by Crippen LogP contribution is -2.70. The van der Waals surface area contributed by atoms with Crippen LogP contribution in [0.4, 0.5) is 0 Å². The van der Waals surface area contributed by atoms with Gasteiger partial charge in [-0.2, -0.15) is 0 Å². The summed E-state index contributed by atoms with van der Waals surface area (Å²) >= 11 is 0. The minimum absolute atomic E-state index is 0.00175. The molecule has 0 aromatic rings. The Hall–Kier alpha value is -5.70. The number of carboxylic acid groups (broad SMARTS) is 1. The van der Waals surface area contributed by atoms with E-state index in [4.69, 9.17) is 35.5 Å². The highest BCUT2D eigenvalue weighted by molar-refractivity contribution is 5.94. The second-order valence-electron chi connectivity index (χ2n) is 16.5. The van der Waals surface area contributed by atoms with E-state index < -0.39 is 183 Å². The first-order chi connectivity index (χ1) is 32.8. The summed E-state index contributed by atoms with van der Waals surface area (Å²) in [5, 5.41) is 80.1. The molecule has 2 aliphatic heterocycles. The van der Waals surface area contributed by atoms with Crippen molar-refractivity contribution in [2.24, 2.45) is 11.5 Å².